The highest BCUT2D eigenvalue weighted by atomic mass is 16.6. The molecule has 0 aromatic rings. The number of esters is 3. The number of carbonyl (C=O) groups is 3. The third kappa shape index (κ3) is 39.0. The Kier molecular flexibility index (Phi) is 38.3. The summed E-state index contributed by atoms with van der Waals surface area (Å²) in [6.45, 7) is 6.14. The van der Waals surface area contributed by atoms with Gasteiger partial charge in [0.15, 0.2) is 6.10 Å². The number of unbranched alkanes of at least 4 members (excludes halogenated alkanes) is 10. The van der Waals surface area contributed by atoms with Crippen LogP contribution in [0.4, 0.5) is 0 Å². The van der Waals surface area contributed by atoms with Gasteiger partial charge in [0, 0.05) is 19.3 Å². The van der Waals surface area contributed by atoms with E-state index in [-0.39, 0.29) is 44.0 Å². The van der Waals surface area contributed by atoms with Gasteiger partial charge in [0.2, 0.25) is 0 Å². The van der Waals surface area contributed by atoms with Gasteiger partial charge in [-0.3, -0.25) is 14.4 Å². The largest absolute Gasteiger partial charge is 0.462 e. The molecule has 0 bridgehead atoms. The van der Waals surface area contributed by atoms with E-state index in [1.807, 2.05) is 91.1 Å². The van der Waals surface area contributed by atoms with Crippen molar-refractivity contribution in [2.75, 3.05) is 13.2 Å². The van der Waals surface area contributed by atoms with Crippen molar-refractivity contribution in [2.45, 2.75) is 149 Å². The highest BCUT2D eigenvalue weighted by molar-refractivity contribution is 5.71. The first-order valence-corrected chi connectivity index (χ1v) is 20.7. The molecule has 0 rings (SSSR count). The minimum Gasteiger partial charge on any atom is -0.462 e. The molecule has 6 nitrogen and oxygen atoms in total. The monoisotopic (exact) mass is 745 g/mol. The van der Waals surface area contributed by atoms with E-state index in [0.717, 1.165) is 77.0 Å². The van der Waals surface area contributed by atoms with E-state index in [9.17, 15) is 14.4 Å². The van der Waals surface area contributed by atoms with Crippen molar-refractivity contribution < 1.29 is 28.6 Å². The zero-order valence-corrected chi connectivity index (χ0v) is 33.9. The first-order valence-electron chi connectivity index (χ1n) is 20.7. The van der Waals surface area contributed by atoms with Gasteiger partial charge in [-0.15, -0.1) is 0 Å². The molecule has 0 fully saturated rings. The molecule has 0 amide bonds. The Bertz CT molecular complexity index is 1220. The first-order chi connectivity index (χ1) is 26.5. The van der Waals surface area contributed by atoms with Gasteiger partial charge in [-0.25, -0.2) is 0 Å². The second-order valence-electron chi connectivity index (χ2n) is 13.0. The molecule has 0 aliphatic heterocycles. The summed E-state index contributed by atoms with van der Waals surface area (Å²) in [4.78, 5) is 37.6. The number of allylic oxidation sites excluding steroid dienone is 20. The molecule has 0 heterocycles. The Labute approximate surface area is 329 Å². The average Bonchev–Trinajstić information content (AvgIpc) is 3.17. The average molecular weight is 745 g/mol. The molecular weight excluding hydrogens is 673 g/mol. The lowest BCUT2D eigenvalue weighted by Crippen LogP contribution is -2.30. The van der Waals surface area contributed by atoms with E-state index in [2.05, 4.69) is 51.2 Å². The predicted molar refractivity (Wildman–Crippen MR) is 228 cm³/mol. The molecule has 6 heteroatoms. The molecule has 0 radical (unpaired) electrons. The summed E-state index contributed by atoms with van der Waals surface area (Å²) in [5, 5.41) is 0. The van der Waals surface area contributed by atoms with Crippen LogP contribution in [0, 0.1) is 0 Å². The van der Waals surface area contributed by atoms with E-state index >= 15 is 0 Å². The Morgan fingerprint density at radius 2 is 0.759 bits per heavy atom. The summed E-state index contributed by atoms with van der Waals surface area (Å²) in [5.74, 6) is -1.08. The van der Waals surface area contributed by atoms with E-state index in [0.29, 0.717) is 19.3 Å². The zero-order valence-electron chi connectivity index (χ0n) is 33.9. The van der Waals surface area contributed by atoms with Crippen molar-refractivity contribution >= 4 is 17.9 Å². The standard InChI is InChI=1S/C48H72O6/c1-4-7-10-13-16-19-22-24-26-29-32-35-38-41-47(50)53-44-45(43-52-46(49)40-37-34-31-28-21-18-15-12-9-6-3)54-48(51)42-39-36-33-30-27-25-23-20-17-14-11-8-5-2/h7-8,10-11,13-20,22-27,29,32,45H,4-6,9,12,21,28,30-31,33-44H2,1-3H3/b10-7-,11-8-,16-13-,17-14-,18-15-,22-19-,23-20-,26-24-,27-25-,32-29-. The summed E-state index contributed by atoms with van der Waals surface area (Å²) in [7, 11) is 0. The third-order valence-corrected chi connectivity index (χ3v) is 7.90. The summed E-state index contributed by atoms with van der Waals surface area (Å²) < 4.78 is 16.5. The van der Waals surface area contributed by atoms with Gasteiger partial charge in [0.1, 0.15) is 13.2 Å². The quantitative estimate of drug-likeness (QED) is 0.0215. The van der Waals surface area contributed by atoms with Gasteiger partial charge in [0.25, 0.3) is 0 Å². The van der Waals surface area contributed by atoms with Crippen LogP contribution >= 0.6 is 0 Å². The van der Waals surface area contributed by atoms with Crippen LogP contribution in [-0.2, 0) is 28.6 Å². The Morgan fingerprint density at radius 1 is 0.389 bits per heavy atom. The fourth-order valence-corrected chi connectivity index (χ4v) is 4.81. The number of carbonyl (C=O) groups excluding carboxylic acids is 3. The molecule has 0 aliphatic carbocycles. The van der Waals surface area contributed by atoms with Crippen molar-refractivity contribution in [2.24, 2.45) is 0 Å². The molecule has 0 N–H and O–H groups in total. The lowest BCUT2D eigenvalue weighted by atomic mass is 10.1. The van der Waals surface area contributed by atoms with Crippen molar-refractivity contribution in [1.82, 2.24) is 0 Å². The topological polar surface area (TPSA) is 78.9 Å². The van der Waals surface area contributed by atoms with Crippen LogP contribution in [-0.4, -0.2) is 37.2 Å². The van der Waals surface area contributed by atoms with E-state index in [1.54, 1.807) is 0 Å². The van der Waals surface area contributed by atoms with E-state index in [1.165, 1.54) is 12.8 Å². The number of rotatable bonds is 34. The van der Waals surface area contributed by atoms with Crippen LogP contribution in [0.3, 0.4) is 0 Å². The molecule has 0 saturated carbocycles. The van der Waals surface area contributed by atoms with Gasteiger partial charge in [0.05, 0.1) is 0 Å². The normalized spacial score (nSPS) is 13.3. The molecule has 1 unspecified atom stereocenters. The second-order valence-corrected chi connectivity index (χ2v) is 13.0. The molecule has 0 aliphatic rings. The molecule has 1 atom stereocenters. The van der Waals surface area contributed by atoms with Crippen LogP contribution in [0.1, 0.15) is 143 Å². The maximum absolute atomic E-state index is 12.7. The molecule has 0 aromatic heterocycles. The highest BCUT2D eigenvalue weighted by Gasteiger charge is 2.19. The van der Waals surface area contributed by atoms with Gasteiger partial charge in [-0.2, -0.15) is 0 Å². The Balaban J connectivity index is 4.63. The van der Waals surface area contributed by atoms with Gasteiger partial charge >= 0.3 is 17.9 Å². The zero-order chi connectivity index (χ0) is 39.4. The third-order valence-electron chi connectivity index (χ3n) is 7.90. The Hall–Kier alpha value is -4.19. The molecular formula is C48H72O6. The van der Waals surface area contributed by atoms with Crippen LogP contribution in [0.5, 0.6) is 0 Å². The van der Waals surface area contributed by atoms with Gasteiger partial charge < -0.3 is 14.2 Å². The molecule has 54 heavy (non-hydrogen) atoms. The van der Waals surface area contributed by atoms with Crippen LogP contribution in [0.2, 0.25) is 0 Å². The lowest BCUT2D eigenvalue weighted by molar-refractivity contribution is -0.167. The summed E-state index contributed by atoms with van der Waals surface area (Å²) >= 11 is 0. The second kappa shape index (κ2) is 41.6. The number of hydrogen-bond donors (Lipinski definition) is 0. The molecule has 0 saturated heterocycles. The fraction of sp³-hybridized carbons (Fsp3) is 0.521. The van der Waals surface area contributed by atoms with Gasteiger partial charge in [-0.05, 0) is 70.6 Å². The summed E-state index contributed by atoms with van der Waals surface area (Å²) in [5.41, 5.74) is 0. The molecule has 0 aromatic carbocycles. The molecule has 0 spiro atoms. The van der Waals surface area contributed by atoms with Crippen molar-refractivity contribution in [3.05, 3.63) is 122 Å². The van der Waals surface area contributed by atoms with Gasteiger partial charge in [-0.1, -0.05) is 174 Å². The van der Waals surface area contributed by atoms with E-state index in [4.69, 9.17) is 14.2 Å². The van der Waals surface area contributed by atoms with Crippen molar-refractivity contribution in [1.29, 1.82) is 0 Å². The number of ether oxygens (including phenoxy) is 3. The SMILES string of the molecule is CC\C=C/C=C\C=C/C=C\C=C/CCCC(=O)OCC(COC(=O)CCCCCC/C=C\CCCC)OC(=O)CCCCC\C=C/C=C\C=C/C=C\CC. The maximum Gasteiger partial charge on any atom is 0.306 e. The minimum absolute atomic E-state index is 0.127. The minimum atomic E-state index is -0.832. The van der Waals surface area contributed by atoms with Crippen LogP contribution in [0.15, 0.2) is 122 Å². The fourth-order valence-electron chi connectivity index (χ4n) is 4.81. The lowest BCUT2D eigenvalue weighted by Gasteiger charge is -2.18. The smallest absolute Gasteiger partial charge is 0.306 e. The maximum atomic E-state index is 12.7. The van der Waals surface area contributed by atoms with Crippen LogP contribution in [0.25, 0.3) is 0 Å². The first kappa shape index (κ1) is 49.8. The summed E-state index contributed by atoms with van der Waals surface area (Å²) in [6.07, 6.45) is 56.2. The molecule has 300 valence electrons. The highest BCUT2D eigenvalue weighted by Crippen LogP contribution is 2.10. The van der Waals surface area contributed by atoms with Crippen LogP contribution < -0.4 is 0 Å². The summed E-state index contributed by atoms with van der Waals surface area (Å²) in [6, 6.07) is 0. The Morgan fingerprint density at radius 3 is 1.26 bits per heavy atom. The van der Waals surface area contributed by atoms with Crippen molar-refractivity contribution in [3.8, 4) is 0 Å². The van der Waals surface area contributed by atoms with Crippen molar-refractivity contribution in [3.63, 3.8) is 0 Å². The number of hydrogen-bond acceptors (Lipinski definition) is 6. The van der Waals surface area contributed by atoms with E-state index < -0.39 is 6.10 Å². The predicted octanol–water partition coefficient (Wildman–Crippen LogP) is 13.0.